The number of hydrogen-bond acceptors (Lipinski definition) is 4. The fraction of sp³-hybridized carbons (Fsp3) is 0.333. The van der Waals surface area contributed by atoms with Crippen molar-refractivity contribution in [1.82, 2.24) is 14.5 Å². The molecular weight excluding hydrogens is 400 g/mol. The largest absolute Gasteiger partial charge is 0.433 e. The van der Waals surface area contributed by atoms with Gasteiger partial charge in [-0.25, -0.2) is 4.98 Å². The SMILES string of the molecule is Cc1cc(-c2nc(-c3ccc(Cl)c(OC(F)F)c3)n3c2CCOCC3)cc(C)n1. The predicted octanol–water partition coefficient (Wildman–Crippen LogP) is 5.06. The van der Waals surface area contributed by atoms with Crippen LogP contribution in [0.5, 0.6) is 5.75 Å². The molecule has 0 bridgehead atoms. The maximum Gasteiger partial charge on any atom is 0.387 e. The molecule has 1 aliphatic rings. The molecule has 0 fully saturated rings. The smallest absolute Gasteiger partial charge is 0.387 e. The number of imidazole rings is 1. The van der Waals surface area contributed by atoms with Crippen molar-refractivity contribution >= 4 is 11.6 Å². The van der Waals surface area contributed by atoms with E-state index in [2.05, 4.69) is 14.3 Å². The van der Waals surface area contributed by atoms with Crippen LogP contribution in [0.4, 0.5) is 8.78 Å². The lowest BCUT2D eigenvalue weighted by molar-refractivity contribution is -0.0497. The van der Waals surface area contributed by atoms with Gasteiger partial charge < -0.3 is 14.0 Å². The van der Waals surface area contributed by atoms with Crippen LogP contribution in [0, 0.1) is 13.8 Å². The molecule has 0 radical (unpaired) electrons. The number of ether oxygens (including phenoxy) is 2. The van der Waals surface area contributed by atoms with Crippen LogP contribution in [0.25, 0.3) is 22.6 Å². The van der Waals surface area contributed by atoms with Crippen LogP contribution in [-0.4, -0.2) is 34.4 Å². The molecule has 5 nitrogen and oxygen atoms in total. The average Bonchev–Trinajstić information content (AvgIpc) is 2.84. The first-order valence-electron chi connectivity index (χ1n) is 9.30. The lowest BCUT2D eigenvalue weighted by Gasteiger charge is -2.11. The lowest BCUT2D eigenvalue weighted by atomic mass is 10.1. The third-order valence-electron chi connectivity index (χ3n) is 4.78. The second-order valence-corrected chi connectivity index (χ2v) is 7.31. The molecule has 3 aromatic rings. The standard InChI is InChI=1S/C21H20ClF2N3O2/c1-12-9-15(10-13(2)25-12)19-17-5-7-28-8-6-27(17)20(26-19)14-3-4-16(22)18(11-14)29-21(23)24/h3-4,9-11,21H,5-8H2,1-2H3. The van der Waals surface area contributed by atoms with Crippen molar-refractivity contribution in [2.45, 2.75) is 33.4 Å². The van der Waals surface area contributed by atoms with Crippen LogP contribution in [-0.2, 0) is 17.7 Å². The normalized spacial score (nSPS) is 14.0. The molecular formula is C21H20ClF2N3O2. The Bertz CT molecular complexity index is 1030. The molecule has 0 atom stereocenters. The second kappa shape index (κ2) is 8.08. The summed E-state index contributed by atoms with van der Waals surface area (Å²) in [5, 5.41) is 0.126. The molecule has 0 aliphatic carbocycles. The van der Waals surface area contributed by atoms with Crippen molar-refractivity contribution in [2.75, 3.05) is 13.2 Å². The van der Waals surface area contributed by atoms with Crippen LogP contribution in [0.15, 0.2) is 30.3 Å². The third-order valence-corrected chi connectivity index (χ3v) is 5.09. The highest BCUT2D eigenvalue weighted by atomic mass is 35.5. The van der Waals surface area contributed by atoms with Gasteiger partial charge in [0, 0.05) is 41.2 Å². The van der Waals surface area contributed by atoms with Gasteiger partial charge in [0.15, 0.2) is 0 Å². The molecule has 4 rings (SSSR count). The Balaban J connectivity index is 1.87. The van der Waals surface area contributed by atoms with Crippen LogP contribution in [0.1, 0.15) is 17.1 Å². The van der Waals surface area contributed by atoms with Gasteiger partial charge in [-0.05, 0) is 44.2 Å². The number of rotatable bonds is 4. The number of pyridine rings is 1. The van der Waals surface area contributed by atoms with Gasteiger partial charge in [-0.2, -0.15) is 8.78 Å². The second-order valence-electron chi connectivity index (χ2n) is 6.91. The monoisotopic (exact) mass is 419 g/mol. The predicted molar refractivity (Wildman–Crippen MR) is 107 cm³/mol. The fourth-order valence-corrected chi connectivity index (χ4v) is 3.82. The summed E-state index contributed by atoms with van der Waals surface area (Å²) < 4.78 is 37.8. The summed E-state index contributed by atoms with van der Waals surface area (Å²) in [4.78, 5) is 9.34. The average molecular weight is 420 g/mol. The van der Waals surface area contributed by atoms with Crippen molar-refractivity contribution in [1.29, 1.82) is 0 Å². The third kappa shape index (κ3) is 4.11. The first kappa shape index (κ1) is 19.8. The van der Waals surface area contributed by atoms with Gasteiger partial charge in [-0.3, -0.25) is 4.98 Å². The number of fused-ring (bicyclic) bond motifs is 1. The van der Waals surface area contributed by atoms with Gasteiger partial charge in [-0.1, -0.05) is 11.6 Å². The number of nitrogens with zero attached hydrogens (tertiary/aromatic N) is 3. The van der Waals surface area contributed by atoms with E-state index in [0.29, 0.717) is 37.6 Å². The zero-order valence-corrected chi connectivity index (χ0v) is 16.8. The molecule has 0 unspecified atom stereocenters. The topological polar surface area (TPSA) is 49.2 Å². The minimum absolute atomic E-state index is 0.0708. The Labute approximate surface area is 172 Å². The first-order chi connectivity index (χ1) is 13.9. The highest BCUT2D eigenvalue weighted by Gasteiger charge is 2.22. The maximum absolute atomic E-state index is 12.7. The van der Waals surface area contributed by atoms with Gasteiger partial charge in [-0.15, -0.1) is 0 Å². The van der Waals surface area contributed by atoms with E-state index < -0.39 is 6.61 Å². The van der Waals surface area contributed by atoms with Gasteiger partial charge in [0.2, 0.25) is 0 Å². The zero-order valence-electron chi connectivity index (χ0n) is 16.1. The summed E-state index contributed by atoms with van der Waals surface area (Å²) in [6.45, 7) is 2.71. The summed E-state index contributed by atoms with van der Waals surface area (Å²) in [5.74, 6) is 0.599. The van der Waals surface area contributed by atoms with Crippen molar-refractivity contribution in [3.63, 3.8) is 0 Å². The van der Waals surface area contributed by atoms with Crippen LogP contribution >= 0.6 is 11.6 Å². The van der Waals surface area contributed by atoms with Crippen molar-refractivity contribution < 1.29 is 18.3 Å². The van der Waals surface area contributed by atoms with Gasteiger partial charge in [0.1, 0.15) is 11.6 Å². The van der Waals surface area contributed by atoms with E-state index in [9.17, 15) is 8.78 Å². The zero-order chi connectivity index (χ0) is 20.5. The van der Waals surface area contributed by atoms with Crippen LogP contribution in [0.3, 0.4) is 0 Å². The molecule has 8 heteroatoms. The quantitative estimate of drug-likeness (QED) is 0.593. The van der Waals surface area contributed by atoms with E-state index in [1.165, 1.54) is 6.07 Å². The highest BCUT2D eigenvalue weighted by molar-refractivity contribution is 6.32. The first-order valence-corrected chi connectivity index (χ1v) is 9.67. The molecule has 152 valence electrons. The minimum atomic E-state index is -2.95. The van der Waals surface area contributed by atoms with Gasteiger partial charge in [0.25, 0.3) is 0 Å². The molecule has 29 heavy (non-hydrogen) atoms. The molecule has 1 aliphatic heterocycles. The van der Waals surface area contributed by atoms with Crippen molar-refractivity contribution in [3.05, 3.63) is 52.4 Å². The molecule has 0 N–H and O–H groups in total. The van der Waals surface area contributed by atoms with E-state index in [0.717, 1.165) is 28.3 Å². The van der Waals surface area contributed by atoms with E-state index >= 15 is 0 Å². The highest BCUT2D eigenvalue weighted by Crippen LogP contribution is 2.35. The summed E-state index contributed by atoms with van der Waals surface area (Å²) in [5.41, 5.74) is 5.35. The number of hydrogen-bond donors (Lipinski definition) is 0. The number of benzene rings is 1. The molecule has 0 amide bonds. The van der Waals surface area contributed by atoms with Crippen LogP contribution in [0.2, 0.25) is 5.02 Å². The number of aryl methyl sites for hydroxylation is 2. The summed E-state index contributed by atoms with van der Waals surface area (Å²) in [6.07, 6.45) is 0.705. The minimum Gasteiger partial charge on any atom is -0.433 e. The Morgan fingerprint density at radius 2 is 1.83 bits per heavy atom. The van der Waals surface area contributed by atoms with E-state index in [1.807, 2.05) is 26.0 Å². The summed E-state index contributed by atoms with van der Waals surface area (Å²) in [7, 11) is 0. The Morgan fingerprint density at radius 3 is 2.55 bits per heavy atom. The van der Waals surface area contributed by atoms with Gasteiger partial charge >= 0.3 is 6.61 Å². The number of aromatic nitrogens is 3. The lowest BCUT2D eigenvalue weighted by Crippen LogP contribution is -2.06. The summed E-state index contributed by atoms with van der Waals surface area (Å²) >= 11 is 6.02. The van der Waals surface area contributed by atoms with E-state index in [1.54, 1.807) is 12.1 Å². The number of halogens is 3. The number of alkyl halides is 2. The Morgan fingerprint density at radius 1 is 1.07 bits per heavy atom. The molecule has 0 saturated carbocycles. The summed E-state index contributed by atoms with van der Waals surface area (Å²) in [6, 6.07) is 8.80. The fourth-order valence-electron chi connectivity index (χ4n) is 3.66. The molecule has 0 saturated heterocycles. The molecule has 2 aromatic heterocycles. The van der Waals surface area contributed by atoms with E-state index in [4.69, 9.17) is 21.3 Å². The maximum atomic E-state index is 12.7. The van der Waals surface area contributed by atoms with E-state index in [-0.39, 0.29) is 10.8 Å². The van der Waals surface area contributed by atoms with Crippen molar-refractivity contribution in [3.8, 4) is 28.4 Å². The Kier molecular flexibility index (Phi) is 5.52. The molecule has 3 heterocycles. The molecule has 0 spiro atoms. The van der Waals surface area contributed by atoms with Crippen molar-refractivity contribution in [2.24, 2.45) is 0 Å². The Hall–Kier alpha value is -2.51. The van der Waals surface area contributed by atoms with Crippen LogP contribution < -0.4 is 4.74 Å². The van der Waals surface area contributed by atoms with Gasteiger partial charge in [0.05, 0.1) is 23.9 Å². The molecule has 1 aromatic carbocycles.